The molecule has 0 amide bonds. The first-order valence-corrected chi connectivity index (χ1v) is 6.11. The maximum Gasteiger partial charge on any atom is 0.315 e. The minimum Gasteiger partial charge on any atom is -0.407 e. The van der Waals surface area contributed by atoms with Gasteiger partial charge in [-0.2, -0.15) is 0 Å². The number of nitrogens with one attached hydrogen (secondary N) is 1. The highest BCUT2D eigenvalue weighted by molar-refractivity contribution is 5.17. The predicted molar refractivity (Wildman–Crippen MR) is 59.6 cm³/mol. The van der Waals surface area contributed by atoms with Crippen molar-refractivity contribution < 1.29 is 4.42 Å². The van der Waals surface area contributed by atoms with Crippen molar-refractivity contribution in [2.24, 2.45) is 23.5 Å². The number of anilines is 1. The molecule has 0 aliphatic heterocycles. The minimum absolute atomic E-state index is 0.308. The van der Waals surface area contributed by atoms with Crippen LogP contribution in [0.4, 0.5) is 6.01 Å². The van der Waals surface area contributed by atoms with Crippen LogP contribution in [-0.4, -0.2) is 16.7 Å². The van der Waals surface area contributed by atoms with Gasteiger partial charge in [-0.05, 0) is 37.0 Å². The first-order chi connectivity index (χ1) is 7.85. The van der Waals surface area contributed by atoms with Crippen LogP contribution >= 0.6 is 0 Å². The lowest BCUT2D eigenvalue weighted by Crippen LogP contribution is -2.20. The molecule has 5 nitrogen and oxygen atoms in total. The van der Waals surface area contributed by atoms with Gasteiger partial charge in [-0.15, -0.1) is 5.10 Å². The largest absolute Gasteiger partial charge is 0.407 e. The van der Waals surface area contributed by atoms with Gasteiger partial charge in [0.25, 0.3) is 0 Å². The van der Waals surface area contributed by atoms with Crippen LogP contribution in [0.1, 0.15) is 31.6 Å². The summed E-state index contributed by atoms with van der Waals surface area (Å²) in [6.45, 7) is 1.27. The van der Waals surface area contributed by atoms with Crippen LogP contribution < -0.4 is 11.1 Å². The van der Waals surface area contributed by atoms with E-state index in [9.17, 15) is 0 Å². The molecule has 3 atom stereocenters. The standard InChI is InChI=1S/C11H18N4O/c12-5-10-14-15-11(16-10)13-6-9-4-7-1-2-8(9)3-7/h7-9H,1-6,12H2,(H,13,15). The van der Waals surface area contributed by atoms with E-state index in [1.54, 1.807) is 0 Å². The van der Waals surface area contributed by atoms with Gasteiger partial charge in [0.15, 0.2) is 0 Å². The van der Waals surface area contributed by atoms with E-state index in [1.165, 1.54) is 25.7 Å². The summed E-state index contributed by atoms with van der Waals surface area (Å²) < 4.78 is 5.31. The van der Waals surface area contributed by atoms with Crippen LogP contribution in [-0.2, 0) is 6.54 Å². The van der Waals surface area contributed by atoms with E-state index in [4.69, 9.17) is 10.2 Å². The molecule has 0 spiro atoms. The SMILES string of the molecule is NCc1nnc(NCC2CC3CCC2C3)o1. The monoisotopic (exact) mass is 222 g/mol. The van der Waals surface area contributed by atoms with Crippen molar-refractivity contribution in [1.29, 1.82) is 0 Å². The zero-order valence-corrected chi connectivity index (χ0v) is 9.35. The Morgan fingerprint density at radius 2 is 2.25 bits per heavy atom. The van der Waals surface area contributed by atoms with E-state index in [2.05, 4.69) is 15.5 Å². The van der Waals surface area contributed by atoms with Crippen molar-refractivity contribution in [1.82, 2.24) is 10.2 Å². The van der Waals surface area contributed by atoms with Gasteiger partial charge in [-0.1, -0.05) is 11.5 Å². The Morgan fingerprint density at radius 3 is 2.88 bits per heavy atom. The van der Waals surface area contributed by atoms with E-state index in [0.717, 1.165) is 24.3 Å². The summed E-state index contributed by atoms with van der Waals surface area (Å²) in [5, 5.41) is 11.0. The average molecular weight is 222 g/mol. The minimum atomic E-state index is 0.308. The third-order valence-electron chi connectivity index (χ3n) is 4.04. The van der Waals surface area contributed by atoms with Gasteiger partial charge >= 0.3 is 6.01 Å². The van der Waals surface area contributed by atoms with Gasteiger partial charge in [-0.25, -0.2) is 0 Å². The number of hydrogen-bond acceptors (Lipinski definition) is 5. The first-order valence-electron chi connectivity index (χ1n) is 6.11. The van der Waals surface area contributed by atoms with Crippen LogP contribution in [0.25, 0.3) is 0 Å². The fourth-order valence-electron chi connectivity index (χ4n) is 3.25. The number of aromatic nitrogens is 2. The van der Waals surface area contributed by atoms with Gasteiger partial charge in [0, 0.05) is 6.54 Å². The van der Waals surface area contributed by atoms with E-state index in [-0.39, 0.29) is 0 Å². The normalized spacial score (nSPS) is 32.2. The second kappa shape index (κ2) is 4.05. The number of fused-ring (bicyclic) bond motifs is 2. The third kappa shape index (κ3) is 1.80. The summed E-state index contributed by atoms with van der Waals surface area (Å²) in [5.74, 6) is 3.20. The molecule has 2 saturated carbocycles. The number of rotatable bonds is 4. The highest BCUT2D eigenvalue weighted by Crippen LogP contribution is 2.48. The number of nitrogens with two attached hydrogens (primary N) is 1. The Morgan fingerprint density at radius 1 is 1.31 bits per heavy atom. The highest BCUT2D eigenvalue weighted by atomic mass is 16.4. The molecule has 1 heterocycles. The molecule has 0 saturated heterocycles. The van der Waals surface area contributed by atoms with Crippen LogP contribution in [0.2, 0.25) is 0 Å². The molecule has 1 aromatic rings. The topological polar surface area (TPSA) is 77.0 Å². The van der Waals surface area contributed by atoms with Crippen molar-refractivity contribution >= 4 is 6.01 Å². The average Bonchev–Trinajstić information content (AvgIpc) is 3.02. The number of hydrogen-bond donors (Lipinski definition) is 2. The Labute approximate surface area is 94.8 Å². The molecule has 2 aliphatic carbocycles. The molecule has 2 aliphatic rings. The molecule has 2 fully saturated rings. The Bertz CT molecular complexity index is 365. The summed E-state index contributed by atoms with van der Waals surface area (Å²) in [5.41, 5.74) is 5.41. The molecular formula is C11H18N4O. The molecule has 16 heavy (non-hydrogen) atoms. The van der Waals surface area contributed by atoms with Crippen molar-refractivity contribution in [2.75, 3.05) is 11.9 Å². The van der Waals surface area contributed by atoms with Crippen molar-refractivity contribution in [3.8, 4) is 0 Å². The fourth-order valence-corrected chi connectivity index (χ4v) is 3.25. The third-order valence-corrected chi connectivity index (χ3v) is 4.04. The summed E-state index contributed by atoms with van der Waals surface area (Å²) in [6, 6.07) is 0.517. The molecule has 0 radical (unpaired) electrons. The smallest absolute Gasteiger partial charge is 0.315 e. The first kappa shape index (κ1) is 10.1. The van der Waals surface area contributed by atoms with Gasteiger partial charge in [0.1, 0.15) is 0 Å². The van der Waals surface area contributed by atoms with E-state index in [0.29, 0.717) is 18.5 Å². The van der Waals surface area contributed by atoms with Gasteiger partial charge in [-0.3, -0.25) is 0 Å². The quantitative estimate of drug-likeness (QED) is 0.804. The molecule has 5 heteroatoms. The second-order valence-corrected chi connectivity index (χ2v) is 5.02. The zero-order chi connectivity index (χ0) is 11.0. The molecule has 3 unspecified atom stereocenters. The highest BCUT2D eigenvalue weighted by Gasteiger charge is 2.39. The van der Waals surface area contributed by atoms with Gasteiger partial charge in [0.05, 0.1) is 6.54 Å². The lowest BCUT2D eigenvalue weighted by atomic mass is 9.89. The Balaban J connectivity index is 1.53. The van der Waals surface area contributed by atoms with Crippen molar-refractivity contribution in [2.45, 2.75) is 32.2 Å². The van der Waals surface area contributed by atoms with E-state index >= 15 is 0 Å². The second-order valence-electron chi connectivity index (χ2n) is 5.02. The van der Waals surface area contributed by atoms with Crippen molar-refractivity contribution in [3.05, 3.63) is 5.89 Å². The molecule has 88 valence electrons. The summed E-state index contributed by atoms with van der Waals surface area (Å²) in [4.78, 5) is 0. The molecule has 2 bridgehead atoms. The van der Waals surface area contributed by atoms with Crippen LogP contribution in [0, 0.1) is 17.8 Å². The predicted octanol–water partition coefficient (Wildman–Crippen LogP) is 1.38. The maximum absolute atomic E-state index is 5.41. The molecule has 0 aromatic carbocycles. The van der Waals surface area contributed by atoms with Crippen LogP contribution in [0.15, 0.2) is 4.42 Å². The van der Waals surface area contributed by atoms with Crippen LogP contribution in [0.5, 0.6) is 0 Å². The van der Waals surface area contributed by atoms with Crippen LogP contribution in [0.3, 0.4) is 0 Å². The molecule has 3 rings (SSSR count). The lowest BCUT2D eigenvalue weighted by Gasteiger charge is -2.21. The summed E-state index contributed by atoms with van der Waals surface area (Å²) in [7, 11) is 0. The number of nitrogens with zero attached hydrogens (tertiary/aromatic N) is 2. The lowest BCUT2D eigenvalue weighted by molar-refractivity contribution is 0.345. The van der Waals surface area contributed by atoms with E-state index < -0.39 is 0 Å². The molecule has 3 N–H and O–H groups in total. The van der Waals surface area contributed by atoms with Gasteiger partial charge in [0.2, 0.25) is 5.89 Å². The fraction of sp³-hybridized carbons (Fsp3) is 0.818. The summed E-state index contributed by atoms with van der Waals surface area (Å²) in [6.07, 6.45) is 5.66. The van der Waals surface area contributed by atoms with E-state index in [1.807, 2.05) is 0 Å². The Kier molecular flexibility index (Phi) is 2.55. The van der Waals surface area contributed by atoms with Crippen molar-refractivity contribution in [3.63, 3.8) is 0 Å². The van der Waals surface area contributed by atoms with Gasteiger partial charge < -0.3 is 15.5 Å². The maximum atomic E-state index is 5.41. The summed E-state index contributed by atoms with van der Waals surface area (Å²) >= 11 is 0. The molecule has 1 aromatic heterocycles. The zero-order valence-electron chi connectivity index (χ0n) is 9.35. The Hall–Kier alpha value is -1.10. The molecular weight excluding hydrogens is 204 g/mol.